The van der Waals surface area contributed by atoms with Crippen LogP contribution < -0.4 is 11.3 Å². The molecular weight excluding hydrogens is 333 g/mol. The molecule has 0 spiro atoms. The van der Waals surface area contributed by atoms with Crippen LogP contribution in [0.15, 0.2) is 40.9 Å². The molecule has 0 radical (unpaired) electrons. The standard InChI is InChI=1S/C14H12BrF3N2/c15-10-2-1-3-12(18)14(10)13(20-19)7-8-6-9(16)4-5-11(8)17/h1-6,13,20H,7,19H2. The smallest absolute Gasteiger partial charge is 0.129 e. The summed E-state index contributed by atoms with van der Waals surface area (Å²) in [5, 5.41) is 0. The van der Waals surface area contributed by atoms with E-state index in [9.17, 15) is 13.2 Å². The van der Waals surface area contributed by atoms with E-state index >= 15 is 0 Å². The van der Waals surface area contributed by atoms with Gasteiger partial charge in [0.25, 0.3) is 0 Å². The second-order valence-corrected chi connectivity index (χ2v) is 5.15. The molecule has 2 aromatic carbocycles. The number of hydrogen-bond donors (Lipinski definition) is 2. The lowest BCUT2D eigenvalue weighted by Crippen LogP contribution is -2.30. The lowest BCUT2D eigenvalue weighted by molar-refractivity contribution is 0.494. The van der Waals surface area contributed by atoms with Crippen LogP contribution >= 0.6 is 15.9 Å². The zero-order valence-electron chi connectivity index (χ0n) is 10.3. The minimum absolute atomic E-state index is 0.0274. The van der Waals surface area contributed by atoms with Crippen molar-refractivity contribution >= 4 is 15.9 Å². The predicted octanol–water partition coefficient (Wildman–Crippen LogP) is 3.61. The highest BCUT2D eigenvalue weighted by Crippen LogP contribution is 2.29. The number of hydrogen-bond acceptors (Lipinski definition) is 2. The molecule has 3 N–H and O–H groups in total. The Morgan fingerprint density at radius 2 is 1.85 bits per heavy atom. The lowest BCUT2D eigenvalue weighted by Gasteiger charge is -2.19. The van der Waals surface area contributed by atoms with Crippen LogP contribution in [-0.4, -0.2) is 0 Å². The molecule has 6 heteroatoms. The van der Waals surface area contributed by atoms with E-state index in [1.807, 2.05) is 0 Å². The molecule has 1 unspecified atom stereocenters. The van der Waals surface area contributed by atoms with E-state index in [0.29, 0.717) is 4.47 Å². The Kier molecular flexibility index (Phi) is 4.80. The maximum atomic E-state index is 13.9. The van der Waals surface area contributed by atoms with Gasteiger partial charge in [-0.15, -0.1) is 0 Å². The fraction of sp³-hybridized carbons (Fsp3) is 0.143. The molecule has 0 aliphatic rings. The van der Waals surface area contributed by atoms with Gasteiger partial charge in [0.2, 0.25) is 0 Å². The monoisotopic (exact) mass is 344 g/mol. The Morgan fingerprint density at radius 1 is 1.10 bits per heavy atom. The van der Waals surface area contributed by atoms with Crippen LogP contribution in [0, 0.1) is 17.5 Å². The van der Waals surface area contributed by atoms with E-state index < -0.39 is 23.5 Å². The summed E-state index contributed by atoms with van der Waals surface area (Å²) in [6, 6.07) is 6.95. The molecule has 2 aromatic rings. The van der Waals surface area contributed by atoms with E-state index in [2.05, 4.69) is 21.4 Å². The minimum atomic E-state index is -0.679. The first-order valence-corrected chi connectivity index (χ1v) is 6.66. The van der Waals surface area contributed by atoms with Crippen LogP contribution in [0.1, 0.15) is 17.2 Å². The molecule has 0 fully saturated rings. The van der Waals surface area contributed by atoms with Gasteiger partial charge in [0, 0.05) is 10.0 Å². The third kappa shape index (κ3) is 3.20. The van der Waals surface area contributed by atoms with Gasteiger partial charge in [0.15, 0.2) is 0 Å². The van der Waals surface area contributed by atoms with E-state index in [4.69, 9.17) is 5.84 Å². The van der Waals surface area contributed by atoms with Crippen LogP contribution in [0.3, 0.4) is 0 Å². The number of nitrogens with one attached hydrogen (secondary N) is 1. The van der Waals surface area contributed by atoms with Crippen molar-refractivity contribution in [3.63, 3.8) is 0 Å². The first kappa shape index (κ1) is 15.0. The van der Waals surface area contributed by atoms with Crippen LogP contribution in [-0.2, 0) is 6.42 Å². The molecule has 1 atom stereocenters. The third-order valence-electron chi connectivity index (χ3n) is 2.98. The van der Waals surface area contributed by atoms with E-state index in [-0.39, 0.29) is 17.5 Å². The van der Waals surface area contributed by atoms with Gasteiger partial charge in [0.05, 0.1) is 6.04 Å². The number of hydrazine groups is 1. The van der Waals surface area contributed by atoms with Crippen molar-refractivity contribution in [3.8, 4) is 0 Å². The third-order valence-corrected chi connectivity index (χ3v) is 3.67. The van der Waals surface area contributed by atoms with Gasteiger partial charge >= 0.3 is 0 Å². The molecule has 20 heavy (non-hydrogen) atoms. The molecule has 106 valence electrons. The number of nitrogens with two attached hydrogens (primary N) is 1. The summed E-state index contributed by atoms with van der Waals surface area (Å²) in [5.74, 6) is 3.84. The molecule has 0 aromatic heterocycles. The highest BCUT2D eigenvalue weighted by Gasteiger charge is 2.19. The van der Waals surface area contributed by atoms with Gasteiger partial charge in [-0.2, -0.15) is 0 Å². The normalized spacial score (nSPS) is 12.4. The van der Waals surface area contributed by atoms with Gasteiger partial charge in [-0.25, -0.2) is 13.2 Å². The average molecular weight is 345 g/mol. The summed E-state index contributed by atoms with van der Waals surface area (Å²) in [6.45, 7) is 0. The van der Waals surface area contributed by atoms with E-state index in [1.54, 1.807) is 12.1 Å². The van der Waals surface area contributed by atoms with Crippen molar-refractivity contribution in [1.82, 2.24) is 5.43 Å². The highest BCUT2D eigenvalue weighted by atomic mass is 79.9. The molecule has 0 amide bonds. The summed E-state index contributed by atoms with van der Waals surface area (Å²) < 4.78 is 41.2. The molecule has 0 heterocycles. The lowest BCUT2D eigenvalue weighted by atomic mass is 9.98. The van der Waals surface area contributed by atoms with Gasteiger partial charge in [0.1, 0.15) is 17.5 Å². The van der Waals surface area contributed by atoms with Crippen molar-refractivity contribution in [2.45, 2.75) is 12.5 Å². The van der Waals surface area contributed by atoms with Gasteiger partial charge < -0.3 is 0 Å². The summed E-state index contributed by atoms with van der Waals surface area (Å²) >= 11 is 3.23. The molecule has 2 rings (SSSR count). The van der Waals surface area contributed by atoms with Crippen LogP contribution in [0.5, 0.6) is 0 Å². The predicted molar refractivity (Wildman–Crippen MR) is 74.2 cm³/mol. The molecule has 0 bridgehead atoms. The highest BCUT2D eigenvalue weighted by molar-refractivity contribution is 9.10. The van der Waals surface area contributed by atoms with Crippen LogP contribution in [0.25, 0.3) is 0 Å². The first-order valence-electron chi connectivity index (χ1n) is 5.87. The summed E-state index contributed by atoms with van der Waals surface area (Å²) in [4.78, 5) is 0. The summed E-state index contributed by atoms with van der Waals surface area (Å²) in [7, 11) is 0. The van der Waals surface area contributed by atoms with Gasteiger partial charge in [-0.05, 0) is 42.3 Å². The zero-order chi connectivity index (χ0) is 14.7. The molecular formula is C14H12BrF3N2. The minimum Gasteiger partial charge on any atom is -0.271 e. The number of rotatable bonds is 4. The molecule has 2 nitrogen and oxygen atoms in total. The Hall–Kier alpha value is -1.37. The van der Waals surface area contributed by atoms with Gasteiger partial charge in [-0.3, -0.25) is 11.3 Å². The Balaban J connectivity index is 2.36. The Bertz CT molecular complexity index is 599. The maximum Gasteiger partial charge on any atom is 0.129 e. The molecule has 0 aliphatic heterocycles. The quantitative estimate of drug-likeness (QED) is 0.656. The first-order chi connectivity index (χ1) is 9.52. The summed E-state index contributed by atoms with van der Waals surface area (Å²) in [6.07, 6.45) is 0.0274. The second-order valence-electron chi connectivity index (χ2n) is 4.29. The number of halogens is 4. The Labute approximate surface area is 122 Å². The van der Waals surface area contributed by atoms with Crippen LogP contribution in [0.4, 0.5) is 13.2 Å². The Morgan fingerprint density at radius 3 is 2.50 bits per heavy atom. The maximum absolute atomic E-state index is 13.9. The fourth-order valence-electron chi connectivity index (χ4n) is 2.01. The zero-order valence-corrected chi connectivity index (χ0v) is 11.9. The van der Waals surface area contributed by atoms with Crippen molar-refractivity contribution in [2.75, 3.05) is 0 Å². The van der Waals surface area contributed by atoms with Crippen molar-refractivity contribution < 1.29 is 13.2 Å². The SMILES string of the molecule is NNC(Cc1cc(F)ccc1F)c1c(F)cccc1Br. The van der Waals surface area contributed by atoms with Gasteiger partial charge in [-0.1, -0.05) is 22.0 Å². The van der Waals surface area contributed by atoms with Crippen molar-refractivity contribution in [1.29, 1.82) is 0 Å². The second kappa shape index (κ2) is 6.39. The molecule has 0 saturated carbocycles. The topological polar surface area (TPSA) is 38.0 Å². The number of benzene rings is 2. The van der Waals surface area contributed by atoms with E-state index in [1.165, 1.54) is 6.07 Å². The molecule has 0 saturated heterocycles. The van der Waals surface area contributed by atoms with Crippen molar-refractivity contribution in [2.24, 2.45) is 5.84 Å². The van der Waals surface area contributed by atoms with Crippen molar-refractivity contribution in [3.05, 3.63) is 69.4 Å². The molecule has 0 aliphatic carbocycles. The summed E-state index contributed by atoms with van der Waals surface area (Å²) in [5.41, 5.74) is 2.84. The fourth-order valence-corrected chi connectivity index (χ4v) is 2.63. The van der Waals surface area contributed by atoms with Crippen LogP contribution in [0.2, 0.25) is 0 Å². The average Bonchev–Trinajstić information content (AvgIpc) is 2.41. The largest absolute Gasteiger partial charge is 0.271 e. The van der Waals surface area contributed by atoms with E-state index in [0.717, 1.165) is 18.2 Å².